The molecule has 4 aliphatic carbocycles. The Hall–Kier alpha value is -0.650. The van der Waals surface area contributed by atoms with Gasteiger partial charge in [0.25, 0.3) is 0 Å². The minimum Gasteiger partial charge on any atom is -0.462 e. The third kappa shape index (κ3) is 3.10. The van der Waals surface area contributed by atoms with E-state index in [0.29, 0.717) is 23.7 Å². The number of rotatable bonds is 1. The topological polar surface area (TPSA) is 76.0 Å². The van der Waals surface area contributed by atoms with Crippen molar-refractivity contribution in [1.82, 2.24) is 0 Å². The van der Waals surface area contributed by atoms with Crippen LogP contribution in [0.15, 0.2) is 0 Å². The van der Waals surface area contributed by atoms with Crippen molar-refractivity contribution < 1.29 is 24.5 Å². The average Bonchev–Trinajstić information content (AvgIpc) is 3.00. The van der Waals surface area contributed by atoms with Gasteiger partial charge in [-0.3, -0.25) is 4.79 Å². The van der Waals surface area contributed by atoms with E-state index in [4.69, 9.17) is 9.47 Å². The average molecular weight is 463 g/mol. The zero-order valence-corrected chi connectivity index (χ0v) is 21.8. The van der Waals surface area contributed by atoms with E-state index < -0.39 is 17.8 Å². The predicted octanol–water partition coefficient (Wildman–Crippen LogP) is 4.93. The van der Waals surface area contributed by atoms with E-state index in [1.807, 2.05) is 6.92 Å². The van der Waals surface area contributed by atoms with Gasteiger partial charge in [-0.05, 0) is 79.4 Å². The summed E-state index contributed by atoms with van der Waals surface area (Å²) in [5.74, 6) is 0.689. The van der Waals surface area contributed by atoms with Gasteiger partial charge in [-0.2, -0.15) is 0 Å². The lowest BCUT2D eigenvalue weighted by molar-refractivity contribution is -0.276. The molecule has 6 unspecified atom stereocenters. The molecule has 1 aliphatic heterocycles. The SMILES string of the molecule is CC(=O)OC1CC2[C@@]3(C)CCCC(C)(C)C3CC[C@@]2(C)C2C[C@H](O)[C@@H]3C(C(O)O[C@H]3C)[C@@]12C. The number of hydrogen-bond donors (Lipinski definition) is 2. The molecule has 33 heavy (non-hydrogen) atoms. The van der Waals surface area contributed by atoms with E-state index in [0.717, 1.165) is 12.8 Å². The quantitative estimate of drug-likeness (QED) is 0.541. The number of aliphatic hydroxyl groups is 2. The van der Waals surface area contributed by atoms with E-state index in [2.05, 4.69) is 34.6 Å². The lowest BCUT2D eigenvalue weighted by Gasteiger charge is -2.71. The van der Waals surface area contributed by atoms with Crippen LogP contribution < -0.4 is 0 Å². The highest BCUT2D eigenvalue weighted by Gasteiger charge is 2.73. The van der Waals surface area contributed by atoms with Gasteiger partial charge in [-0.1, -0.05) is 41.0 Å². The first-order valence-electron chi connectivity index (χ1n) is 13.5. The van der Waals surface area contributed by atoms with Gasteiger partial charge in [-0.25, -0.2) is 0 Å². The third-order valence-corrected chi connectivity index (χ3v) is 12.1. The molecular formula is C28H46O5. The molecular weight excluding hydrogens is 416 g/mol. The summed E-state index contributed by atoms with van der Waals surface area (Å²) in [4.78, 5) is 12.4. The first-order chi connectivity index (χ1) is 15.3. The van der Waals surface area contributed by atoms with Crippen LogP contribution in [0.1, 0.15) is 93.4 Å². The van der Waals surface area contributed by atoms with Crippen molar-refractivity contribution in [2.75, 3.05) is 0 Å². The van der Waals surface area contributed by atoms with E-state index >= 15 is 0 Å². The number of aliphatic hydroxyl groups excluding tert-OH is 2. The second kappa shape index (κ2) is 7.43. The largest absolute Gasteiger partial charge is 0.462 e. The Kier molecular flexibility index (Phi) is 5.42. The van der Waals surface area contributed by atoms with Gasteiger partial charge in [-0.15, -0.1) is 0 Å². The van der Waals surface area contributed by atoms with Crippen LogP contribution in [0, 0.1) is 51.2 Å². The zero-order chi connectivity index (χ0) is 24.1. The molecule has 0 bridgehead atoms. The number of carbonyl (C=O) groups is 1. The summed E-state index contributed by atoms with van der Waals surface area (Å²) in [5.41, 5.74) is 0.155. The van der Waals surface area contributed by atoms with Gasteiger partial charge in [0.15, 0.2) is 6.29 Å². The van der Waals surface area contributed by atoms with Gasteiger partial charge < -0.3 is 19.7 Å². The summed E-state index contributed by atoms with van der Waals surface area (Å²) >= 11 is 0. The Morgan fingerprint density at radius 3 is 2.27 bits per heavy atom. The van der Waals surface area contributed by atoms with Crippen molar-refractivity contribution in [3.05, 3.63) is 0 Å². The van der Waals surface area contributed by atoms with Crippen molar-refractivity contribution in [1.29, 1.82) is 0 Å². The highest BCUT2D eigenvalue weighted by atomic mass is 16.6. The second-order valence-corrected chi connectivity index (χ2v) is 13.9. The Bertz CT molecular complexity index is 810. The maximum absolute atomic E-state index is 12.4. The smallest absolute Gasteiger partial charge is 0.302 e. The summed E-state index contributed by atoms with van der Waals surface area (Å²) in [6.45, 7) is 15.6. The van der Waals surface area contributed by atoms with Crippen LogP contribution in [0.25, 0.3) is 0 Å². The molecule has 1 saturated heterocycles. The van der Waals surface area contributed by atoms with Gasteiger partial charge in [0, 0.05) is 24.2 Å². The maximum Gasteiger partial charge on any atom is 0.302 e. The molecule has 5 fully saturated rings. The minimum absolute atomic E-state index is 0.0432. The number of carbonyl (C=O) groups excluding carboxylic acids is 1. The molecule has 5 rings (SSSR count). The summed E-state index contributed by atoms with van der Waals surface area (Å²) < 4.78 is 12.1. The molecule has 188 valence electrons. The van der Waals surface area contributed by atoms with Gasteiger partial charge in [0.1, 0.15) is 6.10 Å². The second-order valence-electron chi connectivity index (χ2n) is 13.9. The fourth-order valence-corrected chi connectivity index (χ4v) is 10.9. The Morgan fingerprint density at radius 2 is 1.61 bits per heavy atom. The zero-order valence-electron chi connectivity index (χ0n) is 21.8. The van der Waals surface area contributed by atoms with Gasteiger partial charge in [0.05, 0.1) is 12.2 Å². The highest BCUT2D eigenvalue weighted by molar-refractivity contribution is 5.66. The normalized spacial score (nSPS) is 57.3. The molecule has 4 saturated carbocycles. The van der Waals surface area contributed by atoms with Crippen molar-refractivity contribution in [3.63, 3.8) is 0 Å². The summed E-state index contributed by atoms with van der Waals surface area (Å²) in [7, 11) is 0. The first kappa shape index (κ1) is 24.1. The molecule has 2 N–H and O–H groups in total. The maximum atomic E-state index is 12.4. The van der Waals surface area contributed by atoms with Gasteiger partial charge >= 0.3 is 5.97 Å². The molecule has 5 nitrogen and oxygen atoms in total. The molecule has 0 spiro atoms. The molecule has 1 heterocycles. The predicted molar refractivity (Wildman–Crippen MR) is 126 cm³/mol. The number of hydrogen-bond acceptors (Lipinski definition) is 5. The van der Waals surface area contributed by atoms with Crippen LogP contribution in [0.2, 0.25) is 0 Å². The molecule has 0 radical (unpaired) electrons. The van der Waals surface area contributed by atoms with E-state index in [9.17, 15) is 15.0 Å². The van der Waals surface area contributed by atoms with Crippen molar-refractivity contribution in [3.8, 4) is 0 Å². The molecule has 5 aliphatic rings. The van der Waals surface area contributed by atoms with Crippen LogP contribution >= 0.6 is 0 Å². The summed E-state index contributed by atoms with van der Waals surface area (Å²) in [6, 6.07) is 0. The third-order valence-electron chi connectivity index (χ3n) is 12.1. The molecule has 0 aromatic carbocycles. The fourth-order valence-electron chi connectivity index (χ4n) is 10.9. The van der Waals surface area contributed by atoms with Crippen molar-refractivity contribution >= 4 is 5.97 Å². The minimum atomic E-state index is -0.925. The number of esters is 1. The first-order valence-corrected chi connectivity index (χ1v) is 13.5. The lowest BCUT2D eigenvalue weighted by Crippen LogP contribution is -2.69. The summed E-state index contributed by atoms with van der Waals surface area (Å²) in [5, 5.41) is 22.5. The Balaban J connectivity index is 1.63. The Labute approximate surface area is 200 Å². The fraction of sp³-hybridized carbons (Fsp3) is 0.964. The molecule has 5 heteroatoms. The lowest BCUT2D eigenvalue weighted by atomic mass is 9.34. The van der Waals surface area contributed by atoms with Crippen molar-refractivity contribution in [2.45, 2.75) is 118 Å². The van der Waals surface area contributed by atoms with Crippen LogP contribution in [-0.2, 0) is 14.3 Å². The Morgan fingerprint density at radius 1 is 0.939 bits per heavy atom. The van der Waals surface area contributed by atoms with E-state index in [1.54, 1.807) is 0 Å². The van der Waals surface area contributed by atoms with Crippen LogP contribution in [-0.4, -0.2) is 40.8 Å². The van der Waals surface area contributed by atoms with Crippen LogP contribution in [0.4, 0.5) is 0 Å². The standard InChI is InChI=1S/C28H46O5/c1-15-22-17(30)13-20-27(6)12-9-18-25(3,4)10-8-11-26(18,5)19(27)14-21(33-16(2)29)28(20,7)23(22)24(31)32-15/h15,17-24,30-31H,8-14H2,1-7H3/t15-,17-,18?,19?,20?,21?,22+,23?,24?,26-,27+,28+/m0/s1. The number of ether oxygens (including phenoxy) is 2. The molecule has 0 aromatic rings. The summed E-state index contributed by atoms with van der Waals surface area (Å²) in [6.07, 6.45) is 5.81. The van der Waals surface area contributed by atoms with Crippen LogP contribution in [0.5, 0.6) is 0 Å². The highest BCUT2D eigenvalue weighted by Crippen LogP contribution is 2.74. The molecule has 12 atom stereocenters. The van der Waals surface area contributed by atoms with Gasteiger partial charge in [0.2, 0.25) is 0 Å². The van der Waals surface area contributed by atoms with E-state index in [-0.39, 0.29) is 46.8 Å². The molecule has 0 aromatic heterocycles. The van der Waals surface area contributed by atoms with Crippen molar-refractivity contribution in [2.24, 2.45) is 51.2 Å². The number of fused-ring (bicyclic) bond motifs is 7. The molecule has 0 amide bonds. The van der Waals surface area contributed by atoms with Crippen LogP contribution in [0.3, 0.4) is 0 Å². The van der Waals surface area contributed by atoms with E-state index in [1.165, 1.54) is 32.6 Å². The monoisotopic (exact) mass is 462 g/mol.